The first-order valence-electron chi connectivity index (χ1n) is 34.0. The summed E-state index contributed by atoms with van der Waals surface area (Å²) in [5.74, 6) is -6.92. The summed E-state index contributed by atoms with van der Waals surface area (Å²) in [7, 11) is -18.6. The fourth-order valence-corrected chi connectivity index (χ4v) is 16.0. The van der Waals surface area contributed by atoms with Crippen LogP contribution in [0.25, 0.3) is 0 Å². The van der Waals surface area contributed by atoms with Crippen molar-refractivity contribution in [1.29, 1.82) is 0 Å². The van der Waals surface area contributed by atoms with Crippen molar-refractivity contribution >= 4 is 98.9 Å². The van der Waals surface area contributed by atoms with Crippen molar-refractivity contribution in [3.8, 4) is 0 Å². The molecule has 0 spiro atoms. The lowest BCUT2D eigenvalue weighted by molar-refractivity contribution is -0.193. The first-order chi connectivity index (χ1) is 48.1. The maximum atomic E-state index is 12.1. The number of Topliss-reactive ketones (excluding diaryl/α,β-unsaturated/α-hetero) is 2. The molecule has 2 atom stereocenters. The van der Waals surface area contributed by atoms with Crippen molar-refractivity contribution in [2.75, 3.05) is 136 Å². The Morgan fingerprint density at radius 3 is 0.923 bits per heavy atom. The van der Waals surface area contributed by atoms with E-state index in [1.807, 2.05) is 0 Å². The SMILES string of the molecule is C=CCP(=O)(OCC)OCC.CC(C)(C)C(=O)O[C@@H](C(=O)O)[C@@H](OC(=O)C(C)(C)C)C(=O)O.CCOC(=O)/C=C(\C)CP(=O)(OCC)OCC.CCOC(=O)CCP(=O)(OCC)OCC.CCOC(=O)CP(=O)(OCC)OCC.CCOP(=O)(CC(=O)CC)OCC.CCOP(=O)(CC(C)=O)OCC. The van der Waals surface area contributed by atoms with Gasteiger partial charge in [-0.25, -0.2) is 14.4 Å². The van der Waals surface area contributed by atoms with E-state index in [2.05, 4.69) is 11.3 Å². The van der Waals surface area contributed by atoms with Crippen LogP contribution in [0.5, 0.6) is 0 Å². The van der Waals surface area contributed by atoms with E-state index < -0.39 is 104 Å². The minimum atomic E-state index is -3.28. The van der Waals surface area contributed by atoms with Crippen molar-refractivity contribution in [2.45, 2.75) is 191 Å². The van der Waals surface area contributed by atoms with Crippen LogP contribution in [0.3, 0.4) is 0 Å². The summed E-state index contributed by atoms with van der Waals surface area (Å²) < 4.78 is 154. The molecule has 0 radical (unpaired) electrons. The molecule has 40 heteroatoms. The molecule has 0 saturated heterocycles. The Kier molecular flexibility index (Phi) is 69.6. The van der Waals surface area contributed by atoms with Gasteiger partial charge in [0.05, 0.1) is 135 Å². The quantitative estimate of drug-likeness (QED) is 0.0188. The number of ether oxygens (including phenoxy) is 5. The second kappa shape index (κ2) is 63.9. The number of carboxylic acid groups (broad SMARTS) is 2. The molecule has 0 fully saturated rings. The van der Waals surface area contributed by atoms with Gasteiger partial charge in [-0.1, -0.05) is 18.6 Å². The van der Waals surface area contributed by atoms with Crippen molar-refractivity contribution in [3.05, 3.63) is 24.3 Å². The third-order valence-electron chi connectivity index (χ3n) is 10.5. The Labute approximate surface area is 617 Å². The van der Waals surface area contributed by atoms with E-state index in [1.165, 1.54) is 54.5 Å². The van der Waals surface area contributed by atoms with E-state index in [-0.39, 0.29) is 80.7 Å². The summed E-state index contributed by atoms with van der Waals surface area (Å²) in [5.41, 5.74) is -1.45. The molecule has 0 bridgehead atoms. The number of aliphatic carboxylic acids is 2. The third kappa shape index (κ3) is 63.0. The first kappa shape index (κ1) is 113. The molecule has 0 aliphatic rings. The smallest absolute Gasteiger partial charge is 0.349 e. The standard InChI is InChI=1S/C14H22O8.C11H21O5P.C9H19O5P.C8H17O5P.C8H17O4P.C7H15O4P.C7H15O3P/c1-13(2,3)11(19)21-7(9(15)16)8(10(17)18)22-12(20)14(4,5)6;1-5-14-11(12)8-10(4)9-17(13,15-6-2)16-7-3;1-4-12-9(10)7-8-15(11,13-5-2)14-6-3;1-4-11-8(9)7-14(10,12-5-2)13-6-3;1-4-8(9)7-13(10,11-5-2)12-6-3;1-4-10-12(9,11-5-2)6-7(3)8;1-4-7-11(8,9-5-2)10-6-3/h7-8H,1-6H3,(H,15,16)(H,17,18);8H,5-7,9H2,1-4H3;4-8H2,1-3H3;4-7H2,1-3H3;4-7H2,1-3H3;4-6H2,1-3H3;4H,1,5-7H2,2-3H3/b;10-8+;;;;;/t7-,8-;;;;;;/m1....../s1. The lowest BCUT2D eigenvalue weighted by atomic mass is 9.96. The van der Waals surface area contributed by atoms with Crippen LogP contribution in [0.1, 0.15) is 179 Å². The summed E-state index contributed by atoms with van der Waals surface area (Å²) in [6.45, 7) is 47.7. The van der Waals surface area contributed by atoms with Crippen LogP contribution in [0, 0.1) is 10.8 Å². The molecular formula is C64H126O34P6. The van der Waals surface area contributed by atoms with E-state index in [4.69, 9.17) is 83.4 Å². The topological polar surface area (TPSA) is 453 Å². The highest BCUT2D eigenvalue weighted by Gasteiger charge is 2.44. The summed E-state index contributed by atoms with van der Waals surface area (Å²) in [5, 5.41) is 18.2. The Hall–Kier alpha value is -3.99. The third-order valence-corrected chi connectivity index (χ3v) is 22.9. The van der Waals surface area contributed by atoms with Gasteiger partial charge >= 0.3 is 87.4 Å². The summed E-state index contributed by atoms with van der Waals surface area (Å²) in [6, 6.07) is 0. The molecule has 616 valence electrons. The molecule has 0 amide bonds. The Bertz CT molecular complexity index is 2670. The Morgan fingerprint density at radius 1 is 0.375 bits per heavy atom. The fraction of sp³-hybridized carbons (Fsp3) is 0.797. The van der Waals surface area contributed by atoms with E-state index >= 15 is 0 Å². The average molecular weight is 1630 g/mol. The van der Waals surface area contributed by atoms with Crippen LogP contribution in [-0.2, 0) is 149 Å². The zero-order valence-electron chi connectivity index (χ0n) is 65.9. The first-order valence-corrected chi connectivity index (χ1v) is 44.4. The van der Waals surface area contributed by atoms with Gasteiger partial charge in [0, 0.05) is 12.5 Å². The summed E-state index contributed by atoms with van der Waals surface area (Å²) in [6.07, 6.45) is -1.06. The van der Waals surface area contributed by atoms with Crippen molar-refractivity contribution in [1.82, 2.24) is 0 Å². The number of esters is 5. The molecule has 0 aromatic rings. The molecule has 34 nitrogen and oxygen atoms in total. The largest absolute Gasteiger partial charge is 0.478 e. The van der Waals surface area contributed by atoms with Crippen LogP contribution >= 0.6 is 45.6 Å². The minimum Gasteiger partial charge on any atom is -0.478 e. The fourth-order valence-electron chi connectivity index (χ4n) is 6.57. The highest BCUT2D eigenvalue weighted by atomic mass is 31.2. The van der Waals surface area contributed by atoms with Gasteiger partial charge in [0.25, 0.3) is 0 Å². The molecule has 2 N–H and O–H groups in total. The monoisotopic (exact) mass is 1620 g/mol. The molecule has 104 heavy (non-hydrogen) atoms. The van der Waals surface area contributed by atoms with E-state index in [0.717, 1.165) is 0 Å². The van der Waals surface area contributed by atoms with E-state index in [1.54, 1.807) is 124 Å². The predicted octanol–water partition coefficient (Wildman–Crippen LogP) is 14.4. The Balaban J connectivity index is -0.000000214. The number of carbonyl (C=O) groups excluding carboxylic acids is 7. The molecule has 0 rings (SSSR count). The van der Waals surface area contributed by atoms with Gasteiger partial charge in [0.2, 0.25) is 12.2 Å². The predicted molar refractivity (Wildman–Crippen MR) is 393 cm³/mol. The molecule has 0 aromatic heterocycles. The molecule has 0 aliphatic carbocycles. The molecule has 0 saturated carbocycles. The number of ketones is 2. The van der Waals surface area contributed by atoms with Crippen molar-refractivity contribution < 1.29 is 159 Å². The number of rotatable bonds is 47. The number of allylic oxidation sites excluding steroid dienone is 2. The van der Waals surface area contributed by atoms with Gasteiger partial charge in [0.15, 0.2) is 0 Å². The minimum absolute atomic E-state index is 0.0606. The second-order valence-electron chi connectivity index (χ2n) is 22.0. The molecular weight excluding hydrogens is 1500 g/mol. The zero-order chi connectivity index (χ0) is 82.6. The van der Waals surface area contributed by atoms with Gasteiger partial charge in [0.1, 0.15) is 30.1 Å². The highest BCUT2D eigenvalue weighted by Crippen LogP contribution is 2.52. The molecule has 0 unspecified atom stereocenters. The van der Waals surface area contributed by atoms with Gasteiger partial charge in [-0.05, 0) is 159 Å². The lowest BCUT2D eigenvalue weighted by Crippen LogP contribution is -2.48. The second-order valence-corrected chi connectivity index (χ2v) is 34.5. The van der Waals surface area contributed by atoms with Crippen LogP contribution in [0.2, 0.25) is 0 Å². The Morgan fingerprint density at radius 2 is 0.654 bits per heavy atom. The molecule has 0 heterocycles. The van der Waals surface area contributed by atoms with Gasteiger partial charge in [-0.3, -0.25) is 56.2 Å². The number of carbonyl (C=O) groups is 9. The zero-order valence-corrected chi connectivity index (χ0v) is 71.3. The van der Waals surface area contributed by atoms with Gasteiger partial charge in [-0.15, -0.1) is 6.58 Å². The normalized spacial score (nSPS) is 12.3. The maximum Gasteiger partial charge on any atom is 0.349 e. The van der Waals surface area contributed by atoms with Gasteiger partial charge < -0.3 is 88.2 Å². The van der Waals surface area contributed by atoms with Crippen LogP contribution < -0.4 is 0 Å². The average Bonchev–Trinajstić information content (AvgIpc) is 0.833. The van der Waals surface area contributed by atoms with Crippen molar-refractivity contribution in [2.24, 2.45) is 10.8 Å². The lowest BCUT2D eigenvalue weighted by Gasteiger charge is -2.26. The molecule has 0 aliphatic heterocycles. The highest BCUT2D eigenvalue weighted by molar-refractivity contribution is 7.56. The van der Waals surface area contributed by atoms with Crippen LogP contribution in [0.4, 0.5) is 0 Å². The van der Waals surface area contributed by atoms with Crippen LogP contribution in [0.15, 0.2) is 24.3 Å². The van der Waals surface area contributed by atoms with Gasteiger partial charge in [-0.2, -0.15) is 0 Å². The van der Waals surface area contributed by atoms with Crippen molar-refractivity contribution in [3.63, 3.8) is 0 Å². The summed E-state index contributed by atoms with van der Waals surface area (Å²) in [4.78, 5) is 101. The summed E-state index contributed by atoms with van der Waals surface area (Å²) >= 11 is 0. The van der Waals surface area contributed by atoms with Crippen LogP contribution in [-0.4, -0.2) is 212 Å². The molecule has 0 aromatic carbocycles. The van der Waals surface area contributed by atoms with E-state index in [9.17, 15) is 70.5 Å². The number of carboxylic acids is 2. The number of hydrogen-bond donors (Lipinski definition) is 2. The van der Waals surface area contributed by atoms with E-state index in [0.29, 0.717) is 91.3 Å². The maximum absolute atomic E-state index is 12.1. The number of hydrogen-bond acceptors (Lipinski definition) is 32.